The van der Waals surface area contributed by atoms with Crippen LogP contribution in [0.25, 0.3) is 11.0 Å². The number of benzene rings is 2. The zero-order chi connectivity index (χ0) is 21.5. The number of fused-ring (bicyclic) bond motifs is 1. The number of hydrogen-bond donors (Lipinski definition) is 0. The van der Waals surface area contributed by atoms with E-state index < -0.39 is 0 Å². The van der Waals surface area contributed by atoms with E-state index in [0.29, 0.717) is 18.6 Å². The molecule has 1 heterocycles. The molecule has 6 heteroatoms. The van der Waals surface area contributed by atoms with E-state index in [0.717, 1.165) is 48.8 Å². The maximum absolute atomic E-state index is 11.9. The minimum atomic E-state index is -0.345. The molecule has 3 rings (SSSR count). The molecule has 0 saturated heterocycles. The maximum Gasteiger partial charge on any atom is 0.337 e. The molecule has 0 bridgehead atoms. The fourth-order valence-corrected chi connectivity index (χ4v) is 3.64. The highest BCUT2D eigenvalue weighted by Crippen LogP contribution is 2.22. The number of hydrogen-bond acceptors (Lipinski definition) is 5. The molecule has 0 aliphatic carbocycles. The van der Waals surface area contributed by atoms with Gasteiger partial charge in [-0.25, -0.2) is 9.78 Å². The van der Waals surface area contributed by atoms with Gasteiger partial charge in [0.1, 0.15) is 11.6 Å². The molecule has 2 aromatic carbocycles. The second-order valence-electron chi connectivity index (χ2n) is 7.16. The van der Waals surface area contributed by atoms with Crippen LogP contribution in [0.2, 0.25) is 0 Å². The number of esters is 1. The van der Waals surface area contributed by atoms with Crippen molar-refractivity contribution < 1.29 is 14.3 Å². The van der Waals surface area contributed by atoms with Gasteiger partial charge in [-0.1, -0.05) is 26.0 Å². The van der Waals surface area contributed by atoms with E-state index in [9.17, 15) is 4.79 Å². The van der Waals surface area contributed by atoms with Crippen LogP contribution < -0.4 is 4.74 Å². The Balaban J connectivity index is 1.94. The Morgan fingerprint density at radius 2 is 1.80 bits per heavy atom. The van der Waals surface area contributed by atoms with Crippen LogP contribution in [0.1, 0.15) is 42.5 Å². The lowest BCUT2D eigenvalue weighted by atomic mass is 10.1. The molecule has 0 amide bonds. The highest BCUT2D eigenvalue weighted by Gasteiger charge is 2.15. The summed E-state index contributed by atoms with van der Waals surface area (Å²) in [6.45, 7) is 10.8. The maximum atomic E-state index is 11.9. The number of carbonyl (C=O) groups is 1. The van der Waals surface area contributed by atoms with Gasteiger partial charge in [0, 0.05) is 19.5 Å². The summed E-state index contributed by atoms with van der Waals surface area (Å²) < 4.78 is 12.7. The predicted octanol–water partition coefficient (Wildman–Crippen LogP) is 4.15. The van der Waals surface area contributed by atoms with E-state index >= 15 is 0 Å². The summed E-state index contributed by atoms with van der Waals surface area (Å²) >= 11 is 0. The number of likely N-dealkylation sites (N-methyl/N-ethyl adjacent to an activating group) is 1. The van der Waals surface area contributed by atoms with Gasteiger partial charge in [0.05, 0.1) is 30.3 Å². The summed E-state index contributed by atoms with van der Waals surface area (Å²) in [6, 6.07) is 13.8. The molecule has 160 valence electrons. The summed E-state index contributed by atoms with van der Waals surface area (Å²) in [5.41, 5.74) is 3.55. The van der Waals surface area contributed by atoms with Crippen molar-refractivity contribution in [3.05, 3.63) is 59.4 Å². The molecule has 30 heavy (non-hydrogen) atoms. The van der Waals surface area contributed by atoms with Gasteiger partial charge in [0.2, 0.25) is 0 Å². The summed E-state index contributed by atoms with van der Waals surface area (Å²) in [6.07, 6.45) is 0.715. The highest BCUT2D eigenvalue weighted by molar-refractivity contribution is 5.93. The number of rotatable bonds is 10. The molecule has 0 spiro atoms. The van der Waals surface area contributed by atoms with Gasteiger partial charge in [-0.3, -0.25) is 0 Å². The van der Waals surface area contributed by atoms with E-state index in [1.807, 2.05) is 37.3 Å². The number of nitrogens with zero attached hydrogens (tertiary/aromatic N) is 3. The monoisotopic (exact) mass is 409 g/mol. The largest absolute Gasteiger partial charge is 0.494 e. The first kappa shape index (κ1) is 21.8. The smallest absolute Gasteiger partial charge is 0.337 e. The molecular formula is C24H31N3O3. The summed E-state index contributed by atoms with van der Waals surface area (Å²) in [5.74, 6) is 1.52. The minimum Gasteiger partial charge on any atom is -0.494 e. The fourth-order valence-electron chi connectivity index (χ4n) is 3.64. The van der Waals surface area contributed by atoms with Gasteiger partial charge < -0.3 is 18.9 Å². The zero-order valence-electron chi connectivity index (χ0n) is 18.4. The van der Waals surface area contributed by atoms with Gasteiger partial charge in [-0.2, -0.15) is 0 Å². The van der Waals surface area contributed by atoms with Crippen LogP contribution >= 0.6 is 0 Å². The van der Waals surface area contributed by atoms with Crippen molar-refractivity contribution in [2.75, 3.05) is 33.4 Å². The van der Waals surface area contributed by atoms with Gasteiger partial charge in [-0.15, -0.1) is 0 Å². The second-order valence-corrected chi connectivity index (χ2v) is 7.16. The summed E-state index contributed by atoms with van der Waals surface area (Å²) in [7, 11) is 1.40. The Kier molecular flexibility index (Phi) is 7.46. The van der Waals surface area contributed by atoms with E-state index in [4.69, 9.17) is 14.5 Å². The van der Waals surface area contributed by atoms with Crippen LogP contribution in [-0.4, -0.2) is 53.8 Å². The Morgan fingerprint density at radius 1 is 1.07 bits per heavy atom. The van der Waals surface area contributed by atoms with Crippen molar-refractivity contribution in [3.63, 3.8) is 0 Å². The number of ether oxygens (including phenoxy) is 2. The topological polar surface area (TPSA) is 56.6 Å². The Labute approximate surface area is 178 Å². The third-order valence-corrected chi connectivity index (χ3v) is 5.38. The fraction of sp³-hybridized carbons (Fsp3) is 0.417. The number of aromatic nitrogens is 2. The zero-order valence-corrected chi connectivity index (χ0v) is 18.4. The van der Waals surface area contributed by atoms with Crippen LogP contribution in [0.3, 0.4) is 0 Å². The minimum absolute atomic E-state index is 0.345. The molecule has 0 saturated carbocycles. The molecule has 0 N–H and O–H groups in total. The van der Waals surface area contributed by atoms with E-state index in [2.05, 4.69) is 35.4 Å². The van der Waals surface area contributed by atoms with Crippen molar-refractivity contribution in [1.82, 2.24) is 14.5 Å². The Bertz CT molecular complexity index is 975. The molecule has 3 aromatic rings. The van der Waals surface area contributed by atoms with E-state index in [1.54, 1.807) is 0 Å². The van der Waals surface area contributed by atoms with Gasteiger partial charge in [0.15, 0.2) is 0 Å². The van der Waals surface area contributed by atoms with E-state index in [1.165, 1.54) is 12.7 Å². The van der Waals surface area contributed by atoms with Gasteiger partial charge >= 0.3 is 5.97 Å². The van der Waals surface area contributed by atoms with Crippen LogP contribution in [0.4, 0.5) is 0 Å². The molecule has 6 nitrogen and oxygen atoms in total. The van der Waals surface area contributed by atoms with Gasteiger partial charge in [-0.05, 0) is 55.9 Å². The summed E-state index contributed by atoms with van der Waals surface area (Å²) in [4.78, 5) is 19.2. The first-order valence-corrected chi connectivity index (χ1v) is 10.6. The highest BCUT2D eigenvalue weighted by atomic mass is 16.5. The van der Waals surface area contributed by atoms with Crippen LogP contribution in [0, 0.1) is 0 Å². The van der Waals surface area contributed by atoms with E-state index in [-0.39, 0.29) is 5.97 Å². The molecule has 1 aromatic heterocycles. The Morgan fingerprint density at radius 3 is 2.43 bits per heavy atom. The molecule has 0 aliphatic rings. The normalized spacial score (nSPS) is 11.2. The lowest BCUT2D eigenvalue weighted by molar-refractivity contribution is 0.0601. The lowest BCUT2D eigenvalue weighted by Gasteiger charge is -2.19. The third-order valence-electron chi connectivity index (χ3n) is 5.38. The molecule has 0 unspecified atom stereocenters. The quantitative estimate of drug-likeness (QED) is 0.471. The molecule has 0 fully saturated rings. The molecule has 0 aliphatic heterocycles. The van der Waals surface area contributed by atoms with Gasteiger partial charge in [0.25, 0.3) is 0 Å². The van der Waals surface area contributed by atoms with Crippen molar-refractivity contribution >= 4 is 17.0 Å². The second kappa shape index (κ2) is 10.3. The first-order valence-electron chi connectivity index (χ1n) is 10.6. The first-order chi connectivity index (χ1) is 14.6. The number of methoxy groups -OCH3 is 1. The van der Waals surface area contributed by atoms with Crippen molar-refractivity contribution in [2.24, 2.45) is 0 Å². The van der Waals surface area contributed by atoms with Crippen molar-refractivity contribution in [3.8, 4) is 5.75 Å². The van der Waals surface area contributed by atoms with Crippen LogP contribution in [0.15, 0.2) is 42.5 Å². The average Bonchev–Trinajstić information content (AvgIpc) is 3.11. The lowest BCUT2D eigenvalue weighted by Crippen LogP contribution is -2.27. The molecule has 0 atom stereocenters. The molecule has 0 radical (unpaired) electrons. The third kappa shape index (κ3) is 5.00. The molecular weight excluding hydrogens is 378 g/mol. The van der Waals surface area contributed by atoms with Crippen LogP contribution in [0.5, 0.6) is 5.75 Å². The number of carbonyl (C=O) groups excluding carboxylic acids is 1. The summed E-state index contributed by atoms with van der Waals surface area (Å²) in [5, 5.41) is 0. The number of imidazole rings is 1. The van der Waals surface area contributed by atoms with Crippen LogP contribution in [-0.2, 0) is 17.7 Å². The SMILES string of the molecule is CCOc1ccc(Cc2nc3cc(C(=O)OC)ccc3n2CCN(CC)CC)cc1. The Hall–Kier alpha value is -2.86. The standard InChI is InChI=1S/C24H31N3O3/c1-5-26(6-2)14-15-27-22-13-10-19(24(28)29-4)17-21(22)25-23(27)16-18-8-11-20(12-9-18)30-7-3/h8-13,17H,5-7,14-16H2,1-4H3. The van der Waals surface area contributed by atoms with Crippen molar-refractivity contribution in [2.45, 2.75) is 33.7 Å². The van der Waals surface area contributed by atoms with Crippen molar-refractivity contribution in [1.29, 1.82) is 0 Å². The average molecular weight is 410 g/mol. The predicted molar refractivity (Wildman–Crippen MR) is 119 cm³/mol.